The minimum absolute atomic E-state index is 0. The Hall–Kier alpha value is 0.417. The number of hydrogen-bond donors (Lipinski definition) is 1. The fourth-order valence-corrected chi connectivity index (χ4v) is 0. The van der Waals surface area contributed by atoms with Crippen molar-refractivity contribution in [2.24, 2.45) is 0 Å². The van der Waals surface area contributed by atoms with Gasteiger partial charge in [0, 0.05) is 5.25 Å². The normalized spacial score (nSPS) is 11.7. The third kappa shape index (κ3) is 6.42. The second kappa shape index (κ2) is 4.57. The van der Waals surface area contributed by atoms with Gasteiger partial charge >= 0.3 is 18.9 Å². The van der Waals surface area contributed by atoms with Gasteiger partial charge in [-0.2, -0.15) is 12.6 Å². The number of carbonyl (C=O) groups is 1. The fraction of sp³-hybridized carbons (Fsp3) is 0.667. The smallest absolute Gasteiger partial charge is 0.549 e. The van der Waals surface area contributed by atoms with E-state index in [1.54, 1.807) is 0 Å². The first-order chi connectivity index (χ1) is 2.64. The van der Waals surface area contributed by atoms with E-state index in [-0.39, 0.29) is 18.9 Å². The zero-order chi connectivity index (χ0) is 5.15. The molecular formula is C3H5LiO2S. The first-order valence-corrected chi connectivity index (χ1v) is 2.05. The quantitative estimate of drug-likeness (QED) is 0.278. The Morgan fingerprint density at radius 2 is 2.00 bits per heavy atom. The average molecular weight is 112 g/mol. The Labute approximate surface area is 59.9 Å². The Morgan fingerprint density at radius 3 is 2.00 bits per heavy atom. The standard InChI is InChI=1S/C3H6O2S.Li/c1-2(6)3(4)5;/h2,6H,1H3,(H,4,5);/q;+1/p-1. The molecule has 0 N–H and O–H groups in total. The summed E-state index contributed by atoms with van der Waals surface area (Å²) in [5.74, 6) is -1.13. The van der Waals surface area contributed by atoms with E-state index in [9.17, 15) is 9.90 Å². The molecule has 0 aliphatic heterocycles. The Bertz CT molecular complexity index is 64.0. The van der Waals surface area contributed by atoms with Crippen LogP contribution in [-0.2, 0) is 4.79 Å². The molecule has 7 heavy (non-hydrogen) atoms. The maximum absolute atomic E-state index is 9.51. The van der Waals surface area contributed by atoms with Crippen LogP contribution in [0.5, 0.6) is 0 Å². The molecule has 0 heterocycles. The summed E-state index contributed by atoms with van der Waals surface area (Å²) in [5, 5.41) is 8.86. The zero-order valence-electron chi connectivity index (χ0n) is 4.34. The zero-order valence-corrected chi connectivity index (χ0v) is 5.24. The van der Waals surface area contributed by atoms with E-state index in [4.69, 9.17) is 0 Å². The topological polar surface area (TPSA) is 40.1 Å². The second-order valence-corrected chi connectivity index (χ2v) is 1.77. The van der Waals surface area contributed by atoms with Crippen LogP contribution in [0.4, 0.5) is 0 Å². The van der Waals surface area contributed by atoms with Crippen LogP contribution in [0.15, 0.2) is 0 Å². The van der Waals surface area contributed by atoms with E-state index < -0.39 is 11.2 Å². The van der Waals surface area contributed by atoms with Crippen LogP contribution in [0.3, 0.4) is 0 Å². The monoisotopic (exact) mass is 112 g/mol. The van der Waals surface area contributed by atoms with E-state index in [2.05, 4.69) is 12.6 Å². The van der Waals surface area contributed by atoms with Crippen molar-refractivity contribution in [3.63, 3.8) is 0 Å². The van der Waals surface area contributed by atoms with Crippen LogP contribution in [0.2, 0.25) is 0 Å². The maximum atomic E-state index is 9.51. The third-order valence-electron chi connectivity index (χ3n) is 0.341. The predicted octanol–water partition coefficient (Wildman–Crippen LogP) is -3.94. The number of carbonyl (C=O) groups excluding carboxylic acids is 1. The molecular weight excluding hydrogens is 107 g/mol. The summed E-state index contributed by atoms with van der Waals surface area (Å²) in [7, 11) is 0. The molecule has 0 aromatic rings. The van der Waals surface area contributed by atoms with Gasteiger partial charge in [-0.15, -0.1) is 0 Å². The first-order valence-electron chi connectivity index (χ1n) is 1.53. The van der Waals surface area contributed by atoms with Gasteiger partial charge in [-0.25, -0.2) is 0 Å². The van der Waals surface area contributed by atoms with Gasteiger partial charge in [0.2, 0.25) is 0 Å². The van der Waals surface area contributed by atoms with E-state index in [0.717, 1.165) is 0 Å². The van der Waals surface area contributed by atoms with Crippen LogP contribution >= 0.6 is 12.6 Å². The Kier molecular flexibility index (Phi) is 6.80. The summed E-state index contributed by atoms with van der Waals surface area (Å²) in [6.07, 6.45) is 0. The molecule has 2 nitrogen and oxygen atoms in total. The molecule has 0 spiro atoms. The number of aliphatic carboxylic acids is 1. The van der Waals surface area contributed by atoms with Crippen molar-refractivity contribution in [2.45, 2.75) is 12.2 Å². The predicted molar refractivity (Wildman–Crippen MR) is 23.5 cm³/mol. The summed E-state index contributed by atoms with van der Waals surface area (Å²) in [4.78, 5) is 9.51. The van der Waals surface area contributed by atoms with Crippen molar-refractivity contribution < 1.29 is 28.8 Å². The van der Waals surface area contributed by atoms with Gasteiger partial charge in [-0.3, -0.25) is 0 Å². The van der Waals surface area contributed by atoms with Gasteiger partial charge in [0.15, 0.2) is 0 Å². The molecule has 0 aromatic carbocycles. The molecule has 0 aromatic heterocycles. The van der Waals surface area contributed by atoms with Crippen molar-refractivity contribution in [3.05, 3.63) is 0 Å². The van der Waals surface area contributed by atoms with E-state index in [1.165, 1.54) is 6.92 Å². The SMILES string of the molecule is CC(S)C(=O)[O-].[Li+]. The van der Waals surface area contributed by atoms with Crippen LogP contribution in [0.1, 0.15) is 6.92 Å². The molecule has 1 atom stereocenters. The molecule has 0 bridgehead atoms. The summed E-state index contributed by atoms with van der Waals surface area (Å²) in [5.41, 5.74) is 0. The van der Waals surface area contributed by atoms with Crippen LogP contribution in [0, 0.1) is 0 Å². The van der Waals surface area contributed by atoms with Gasteiger partial charge in [0.1, 0.15) is 0 Å². The minimum Gasteiger partial charge on any atom is -0.549 e. The van der Waals surface area contributed by atoms with Gasteiger partial charge in [-0.05, 0) is 6.92 Å². The third-order valence-corrected chi connectivity index (χ3v) is 0.552. The number of carboxylic acids is 1. The summed E-state index contributed by atoms with van der Waals surface area (Å²) in [6.45, 7) is 1.44. The van der Waals surface area contributed by atoms with Crippen molar-refractivity contribution in [3.8, 4) is 0 Å². The molecule has 0 radical (unpaired) electrons. The van der Waals surface area contributed by atoms with Gasteiger partial charge < -0.3 is 9.90 Å². The second-order valence-electron chi connectivity index (χ2n) is 0.995. The Morgan fingerprint density at radius 1 is 1.86 bits per heavy atom. The molecule has 0 aliphatic carbocycles. The molecule has 0 fully saturated rings. The molecule has 0 aliphatic rings. The number of hydrogen-bond acceptors (Lipinski definition) is 3. The van der Waals surface area contributed by atoms with Crippen LogP contribution in [-0.4, -0.2) is 11.2 Å². The van der Waals surface area contributed by atoms with E-state index >= 15 is 0 Å². The average Bonchev–Trinajstić information content (AvgIpc) is 1.36. The van der Waals surface area contributed by atoms with Crippen molar-refractivity contribution in [2.75, 3.05) is 0 Å². The van der Waals surface area contributed by atoms with E-state index in [0.29, 0.717) is 0 Å². The number of carboxylic acid groups (broad SMARTS) is 1. The molecule has 0 saturated heterocycles. The van der Waals surface area contributed by atoms with Gasteiger partial charge in [0.25, 0.3) is 0 Å². The van der Waals surface area contributed by atoms with Gasteiger partial charge in [-0.1, -0.05) is 0 Å². The largest absolute Gasteiger partial charge is 1.00 e. The van der Waals surface area contributed by atoms with Crippen LogP contribution < -0.4 is 24.0 Å². The van der Waals surface area contributed by atoms with Crippen molar-refractivity contribution >= 4 is 18.6 Å². The first kappa shape index (κ1) is 10.4. The molecule has 0 rings (SSSR count). The van der Waals surface area contributed by atoms with Crippen molar-refractivity contribution in [1.82, 2.24) is 0 Å². The summed E-state index contributed by atoms with van der Waals surface area (Å²) < 4.78 is 0. The maximum Gasteiger partial charge on any atom is 1.00 e. The summed E-state index contributed by atoms with van der Waals surface area (Å²) >= 11 is 3.53. The minimum atomic E-state index is -1.13. The Balaban J connectivity index is 0. The van der Waals surface area contributed by atoms with E-state index in [1.807, 2.05) is 0 Å². The summed E-state index contributed by atoms with van der Waals surface area (Å²) in [6, 6.07) is 0. The van der Waals surface area contributed by atoms with Crippen molar-refractivity contribution in [1.29, 1.82) is 0 Å². The molecule has 36 valence electrons. The number of thiol groups is 1. The molecule has 1 unspecified atom stereocenters. The fourth-order valence-electron chi connectivity index (χ4n) is 0. The molecule has 0 amide bonds. The molecule has 4 heteroatoms. The van der Waals surface area contributed by atoms with Gasteiger partial charge in [0.05, 0.1) is 5.97 Å². The number of rotatable bonds is 1. The molecule has 0 saturated carbocycles. The van der Waals surface area contributed by atoms with Crippen LogP contribution in [0.25, 0.3) is 0 Å².